The van der Waals surface area contributed by atoms with Gasteiger partial charge in [-0.15, -0.1) is 0 Å². The van der Waals surface area contributed by atoms with Crippen LogP contribution in [0.25, 0.3) is 0 Å². The molecule has 0 aliphatic carbocycles. The summed E-state index contributed by atoms with van der Waals surface area (Å²) in [5.41, 5.74) is -0.212. The van der Waals surface area contributed by atoms with Crippen molar-refractivity contribution in [3.63, 3.8) is 0 Å². The zero-order valence-corrected chi connectivity index (χ0v) is 15.0. The third-order valence-electron chi connectivity index (χ3n) is 4.18. The molecule has 0 spiro atoms. The maximum absolute atomic E-state index is 12.3. The Hall–Kier alpha value is -0.810. The number of carbonyl (C=O) groups excluding carboxylic acids is 1. The van der Waals surface area contributed by atoms with Crippen LogP contribution in [0.4, 0.5) is 0 Å². The van der Waals surface area contributed by atoms with Crippen LogP contribution in [-0.2, 0) is 4.79 Å². The molecule has 0 bridgehead atoms. The lowest BCUT2D eigenvalue weighted by Gasteiger charge is -2.40. The molecular weight excluding hydrogens is 335 g/mol. The molecule has 1 aromatic carbocycles. The van der Waals surface area contributed by atoms with Crippen LogP contribution in [-0.4, -0.2) is 29.7 Å². The van der Waals surface area contributed by atoms with Crippen LogP contribution in [0.15, 0.2) is 18.2 Å². The van der Waals surface area contributed by atoms with Crippen LogP contribution in [0, 0.1) is 5.92 Å². The van der Waals surface area contributed by atoms with Crippen LogP contribution in [0.5, 0.6) is 0 Å². The van der Waals surface area contributed by atoms with E-state index in [1.54, 1.807) is 12.1 Å². The summed E-state index contributed by atoms with van der Waals surface area (Å²) in [6.45, 7) is 5.42. The average molecular weight is 359 g/mol. The topological polar surface area (TPSA) is 61.4 Å². The van der Waals surface area contributed by atoms with Gasteiger partial charge >= 0.3 is 0 Å². The van der Waals surface area contributed by atoms with Crippen molar-refractivity contribution < 1.29 is 9.90 Å². The molecule has 0 saturated carbocycles. The summed E-state index contributed by atoms with van der Waals surface area (Å²) in [6, 6.07) is 4.75. The van der Waals surface area contributed by atoms with Crippen LogP contribution < -0.4 is 10.6 Å². The molecule has 1 fully saturated rings. The van der Waals surface area contributed by atoms with E-state index in [0.29, 0.717) is 42.4 Å². The minimum Gasteiger partial charge on any atom is -0.387 e. The second kappa shape index (κ2) is 7.84. The Kier molecular flexibility index (Phi) is 6.32. The molecule has 1 saturated heterocycles. The van der Waals surface area contributed by atoms with E-state index in [1.807, 2.05) is 19.9 Å². The summed E-state index contributed by atoms with van der Waals surface area (Å²) >= 11 is 12.1. The van der Waals surface area contributed by atoms with E-state index in [1.165, 1.54) is 0 Å². The number of halogens is 2. The lowest BCUT2D eigenvalue weighted by Crippen LogP contribution is -2.52. The predicted molar refractivity (Wildman–Crippen MR) is 93.9 cm³/mol. The van der Waals surface area contributed by atoms with E-state index in [9.17, 15) is 9.90 Å². The van der Waals surface area contributed by atoms with Gasteiger partial charge in [0, 0.05) is 6.42 Å². The number of hydrogen-bond donors (Lipinski definition) is 3. The molecule has 128 valence electrons. The summed E-state index contributed by atoms with van der Waals surface area (Å²) in [5.74, 6) is 0.190. The number of rotatable bonds is 5. The first-order valence-corrected chi connectivity index (χ1v) is 8.75. The molecule has 1 heterocycles. The second-order valence-corrected chi connectivity index (χ2v) is 7.44. The van der Waals surface area contributed by atoms with Crippen molar-refractivity contribution >= 4 is 29.1 Å². The predicted octanol–water partition coefficient (Wildman–Crippen LogP) is 3.31. The van der Waals surface area contributed by atoms with Gasteiger partial charge in [-0.3, -0.25) is 4.79 Å². The highest BCUT2D eigenvalue weighted by Crippen LogP contribution is 2.36. The highest BCUT2D eigenvalue weighted by molar-refractivity contribution is 6.42. The van der Waals surface area contributed by atoms with Gasteiger partial charge in [0.25, 0.3) is 0 Å². The first-order valence-electron chi connectivity index (χ1n) is 7.99. The summed E-state index contributed by atoms with van der Waals surface area (Å²) in [7, 11) is 0. The van der Waals surface area contributed by atoms with Gasteiger partial charge in [0.15, 0.2) is 0 Å². The molecule has 3 N–H and O–H groups in total. The second-order valence-electron chi connectivity index (χ2n) is 6.63. The van der Waals surface area contributed by atoms with Crippen molar-refractivity contribution in [3.05, 3.63) is 33.8 Å². The summed E-state index contributed by atoms with van der Waals surface area (Å²) in [6.07, 6.45) is 1.56. The van der Waals surface area contributed by atoms with Crippen LogP contribution in [0.2, 0.25) is 10.0 Å². The maximum Gasteiger partial charge on any atom is 0.220 e. The van der Waals surface area contributed by atoms with Gasteiger partial charge in [-0.05, 0) is 49.5 Å². The molecule has 2 rings (SSSR count). The molecular formula is C17H24Cl2N2O2. The van der Waals surface area contributed by atoms with Crippen molar-refractivity contribution in [1.29, 1.82) is 0 Å². The molecule has 0 aromatic heterocycles. The van der Waals surface area contributed by atoms with Gasteiger partial charge < -0.3 is 15.7 Å². The Labute approximate surface area is 147 Å². The van der Waals surface area contributed by atoms with E-state index in [-0.39, 0.29) is 11.8 Å². The SMILES string of the molecule is CC(C)CC(=O)NC(c1ccc(Cl)c(Cl)c1)C1(O)CCNCC1. The molecule has 1 aliphatic heterocycles. The first-order chi connectivity index (χ1) is 10.8. The van der Waals surface area contributed by atoms with E-state index in [4.69, 9.17) is 23.2 Å². The summed E-state index contributed by atoms with van der Waals surface area (Å²) in [5, 5.41) is 18.2. The number of aliphatic hydroxyl groups is 1. The van der Waals surface area contributed by atoms with E-state index >= 15 is 0 Å². The Morgan fingerprint density at radius 3 is 2.52 bits per heavy atom. The number of carbonyl (C=O) groups is 1. The highest BCUT2D eigenvalue weighted by atomic mass is 35.5. The highest BCUT2D eigenvalue weighted by Gasteiger charge is 2.40. The normalized spacial score (nSPS) is 18.7. The average Bonchev–Trinajstić information content (AvgIpc) is 2.48. The van der Waals surface area contributed by atoms with Crippen molar-refractivity contribution in [2.75, 3.05) is 13.1 Å². The monoisotopic (exact) mass is 358 g/mol. The first kappa shape index (κ1) is 18.5. The molecule has 6 heteroatoms. The molecule has 1 atom stereocenters. The van der Waals surface area contributed by atoms with E-state index in [2.05, 4.69) is 10.6 Å². The number of hydrogen-bond acceptors (Lipinski definition) is 3. The Morgan fingerprint density at radius 1 is 1.30 bits per heavy atom. The lowest BCUT2D eigenvalue weighted by molar-refractivity contribution is -0.125. The number of nitrogens with one attached hydrogen (secondary N) is 2. The van der Waals surface area contributed by atoms with Gasteiger partial charge in [0.05, 0.1) is 21.7 Å². The number of benzene rings is 1. The molecule has 1 amide bonds. The van der Waals surface area contributed by atoms with Gasteiger partial charge in [0.1, 0.15) is 0 Å². The standard InChI is InChI=1S/C17H24Cl2N2O2/c1-11(2)9-15(22)21-16(17(23)5-7-20-8-6-17)12-3-4-13(18)14(19)10-12/h3-4,10-11,16,20,23H,5-9H2,1-2H3,(H,21,22). The van der Waals surface area contributed by atoms with Crippen molar-refractivity contribution in [2.45, 2.75) is 44.8 Å². The van der Waals surface area contributed by atoms with E-state index in [0.717, 1.165) is 5.56 Å². The maximum atomic E-state index is 12.3. The lowest BCUT2D eigenvalue weighted by atomic mass is 9.81. The molecule has 1 aromatic rings. The molecule has 23 heavy (non-hydrogen) atoms. The third kappa shape index (κ3) is 4.83. The van der Waals surface area contributed by atoms with Gasteiger partial charge in [-0.2, -0.15) is 0 Å². The van der Waals surface area contributed by atoms with Crippen LogP contribution in [0.3, 0.4) is 0 Å². The molecule has 4 nitrogen and oxygen atoms in total. The Balaban J connectivity index is 2.30. The molecule has 1 unspecified atom stereocenters. The fourth-order valence-electron chi connectivity index (χ4n) is 2.96. The van der Waals surface area contributed by atoms with Crippen LogP contribution in [0.1, 0.15) is 44.7 Å². The third-order valence-corrected chi connectivity index (χ3v) is 4.92. The summed E-state index contributed by atoms with van der Waals surface area (Å²) < 4.78 is 0. The Bertz CT molecular complexity index is 558. The van der Waals surface area contributed by atoms with Crippen molar-refractivity contribution in [3.8, 4) is 0 Å². The fourth-order valence-corrected chi connectivity index (χ4v) is 3.27. The van der Waals surface area contributed by atoms with E-state index < -0.39 is 11.6 Å². The Morgan fingerprint density at radius 2 is 1.96 bits per heavy atom. The molecule has 1 aliphatic rings. The zero-order valence-electron chi connectivity index (χ0n) is 13.5. The summed E-state index contributed by atoms with van der Waals surface area (Å²) in [4.78, 5) is 12.3. The van der Waals surface area contributed by atoms with Crippen molar-refractivity contribution in [1.82, 2.24) is 10.6 Å². The minimum atomic E-state index is -0.991. The van der Waals surface area contributed by atoms with Gasteiger partial charge in [-0.25, -0.2) is 0 Å². The quantitative estimate of drug-likeness (QED) is 0.756. The van der Waals surface area contributed by atoms with Crippen molar-refractivity contribution in [2.24, 2.45) is 5.92 Å². The zero-order chi connectivity index (χ0) is 17.0. The molecule has 0 radical (unpaired) electrons. The van der Waals surface area contributed by atoms with Gasteiger partial charge in [0.2, 0.25) is 5.91 Å². The van der Waals surface area contributed by atoms with Gasteiger partial charge in [-0.1, -0.05) is 43.1 Å². The fraction of sp³-hybridized carbons (Fsp3) is 0.588. The minimum absolute atomic E-state index is 0.0666. The largest absolute Gasteiger partial charge is 0.387 e. The number of amides is 1. The smallest absolute Gasteiger partial charge is 0.220 e. The van der Waals surface area contributed by atoms with Crippen LogP contribution >= 0.6 is 23.2 Å². The number of piperidine rings is 1.